The van der Waals surface area contributed by atoms with Crippen LogP contribution in [0.4, 0.5) is 10.1 Å². The van der Waals surface area contributed by atoms with Crippen LogP contribution in [0.5, 0.6) is 0 Å². The van der Waals surface area contributed by atoms with Crippen molar-refractivity contribution in [1.29, 1.82) is 5.26 Å². The molecule has 1 unspecified atom stereocenters. The minimum Gasteiger partial charge on any atom is -0.384 e. The first-order chi connectivity index (χ1) is 8.31. The number of anilines is 1. The van der Waals surface area contributed by atoms with E-state index in [0.29, 0.717) is 11.6 Å². The number of nitrogens with one attached hydrogen (secondary N) is 1. The molecule has 0 bridgehead atoms. The molecule has 3 nitrogen and oxygen atoms in total. The number of rotatable bonds is 3. The lowest BCUT2D eigenvalue weighted by molar-refractivity contribution is 0.0595. The lowest BCUT2D eigenvalue weighted by Gasteiger charge is -2.22. The molecular weight excluding hydrogens is 219 g/mol. The molecule has 0 aliphatic carbocycles. The van der Waals surface area contributed by atoms with E-state index in [1.165, 1.54) is 6.07 Å². The Labute approximate surface area is 100 Å². The molecule has 0 radical (unpaired) electrons. The molecule has 1 fully saturated rings. The molecule has 0 saturated carbocycles. The normalized spacial score (nSPS) is 19.6. The van der Waals surface area contributed by atoms with E-state index >= 15 is 0 Å². The largest absolute Gasteiger partial charge is 0.384 e. The van der Waals surface area contributed by atoms with E-state index in [-0.39, 0.29) is 5.56 Å². The quantitative estimate of drug-likeness (QED) is 0.874. The predicted molar refractivity (Wildman–Crippen MR) is 63.1 cm³/mol. The van der Waals surface area contributed by atoms with Crippen molar-refractivity contribution in [2.24, 2.45) is 5.92 Å². The molecule has 1 aliphatic heterocycles. The maximum atomic E-state index is 13.3. The summed E-state index contributed by atoms with van der Waals surface area (Å²) in [5.41, 5.74) is 0.655. The van der Waals surface area contributed by atoms with Crippen molar-refractivity contribution < 1.29 is 9.13 Å². The Bertz CT molecular complexity index is 422. The number of nitriles is 1. The molecular formula is C13H15FN2O. The number of nitrogens with zero attached hydrogens (tertiary/aromatic N) is 1. The lowest BCUT2D eigenvalue weighted by Crippen LogP contribution is -2.24. The van der Waals surface area contributed by atoms with Gasteiger partial charge in [-0.1, -0.05) is 6.07 Å². The standard InChI is InChI=1S/C13H15FN2O/c14-12-4-1-5-13(11(12)7-15)16-8-10-3-2-6-17-9-10/h1,4-5,10,16H,2-3,6,8-9H2. The van der Waals surface area contributed by atoms with Gasteiger partial charge in [-0.05, 0) is 30.9 Å². The van der Waals surface area contributed by atoms with Crippen molar-refractivity contribution in [3.8, 4) is 6.07 Å². The third-order valence-corrected chi connectivity index (χ3v) is 2.96. The zero-order chi connectivity index (χ0) is 12.1. The van der Waals surface area contributed by atoms with Gasteiger partial charge in [0.15, 0.2) is 0 Å². The van der Waals surface area contributed by atoms with Gasteiger partial charge < -0.3 is 10.1 Å². The van der Waals surface area contributed by atoms with Crippen LogP contribution in [0.3, 0.4) is 0 Å². The Morgan fingerprint density at radius 1 is 1.53 bits per heavy atom. The molecule has 1 saturated heterocycles. The summed E-state index contributed by atoms with van der Waals surface area (Å²) in [5, 5.41) is 12.0. The van der Waals surface area contributed by atoms with Crippen molar-refractivity contribution in [3.63, 3.8) is 0 Å². The van der Waals surface area contributed by atoms with Gasteiger partial charge in [0, 0.05) is 13.2 Å². The Balaban J connectivity index is 1.99. The van der Waals surface area contributed by atoms with Crippen LogP contribution in [0.2, 0.25) is 0 Å². The van der Waals surface area contributed by atoms with Gasteiger partial charge >= 0.3 is 0 Å². The molecule has 0 aromatic heterocycles. The second-order valence-corrected chi connectivity index (χ2v) is 4.24. The third kappa shape index (κ3) is 2.95. The van der Waals surface area contributed by atoms with Gasteiger partial charge in [-0.25, -0.2) is 4.39 Å². The average Bonchev–Trinajstić information content (AvgIpc) is 2.37. The van der Waals surface area contributed by atoms with Gasteiger partial charge in [-0.2, -0.15) is 5.26 Å². The Kier molecular flexibility index (Phi) is 3.94. The Morgan fingerprint density at radius 3 is 3.12 bits per heavy atom. The highest BCUT2D eigenvalue weighted by Gasteiger charge is 2.14. The average molecular weight is 234 g/mol. The lowest BCUT2D eigenvalue weighted by atomic mass is 10.0. The predicted octanol–water partition coefficient (Wildman–Crippen LogP) is 2.54. The summed E-state index contributed by atoms with van der Waals surface area (Å²) in [6.07, 6.45) is 2.19. The summed E-state index contributed by atoms with van der Waals surface area (Å²) >= 11 is 0. The smallest absolute Gasteiger partial charge is 0.143 e. The van der Waals surface area contributed by atoms with Crippen LogP contribution in [-0.4, -0.2) is 19.8 Å². The van der Waals surface area contributed by atoms with Crippen molar-refractivity contribution in [1.82, 2.24) is 0 Å². The van der Waals surface area contributed by atoms with Gasteiger partial charge in [0.25, 0.3) is 0 Å². The third-order valence-electron chi connectivity index (χ3n) is 2.96. The topological polar surface area (TPSA) is 45.0 Å². The second-order valence-electron chi connectivity index (χ2n) is 4.24. The first-order valence-electron chi connectivity index (χ1n) is 5.81. The fourth-order valence-corrected chi connectivity index (χ4v) is 2.01. The van der Waals surface area contributed by atoms with Gasteiger partial charge in [-0.15, -0.1) is 0 Å². The van der Waals surface area contributed by atoms with E-state index in [0.717, 1.165) is 32.6 Å². The molecule has 1 aromatic rings. The minimum absolute atomic E-state index is 0.0872. The van der Waals surface area contributed by atoms with Crippen molar-refractivity contribution in [2.75, 3.05) is 25.1 Å². The Hall–Kier alpha value is -1.60. The van der Waals surface area contributed by atoms with E-state index < -0.39 is 5.82 Å². The van der Waals surface area contributed by atoms with Crippen LogP contribution in [0.1, 0.15) is 18.4 Å². The zero-order valence-corrected chi connectivity index (χ0v) is 9.58. The molecule has 1 N–H and O–H groups in total. The molecule has 1 aliphatic rings. The van der Waals surface area contributed by atoms with E-state index in [1.54, 1.807) is 12.1 Å². The summed E-state index contributed by atoms with van der Waals surface area (Å²) in [6.45, 7) is 2.29. The highest BCUT2D eigenvalue weighted by molar-refractivity contribution is 5.57. The van der Waals surface area contributed by atoms with Gasteiger partial charge in [0.2, 0.25) is 0 Å². The maximum absolute atomic E-state index is 13.3. The van der Waals surface area contributed by atoms with E-state index in [9.17, 15) is 4.39 Å². The van der Waals surface area contributed by atoms with Crippen molar-refractivity contribution >= 4 is 5.69 Å². The SMILES string of the molecule is N#Cc1c(F)cccc1NCC1CCCOC1. The van der Waals surface area contributed by atoms with E-state index in [1.807, 2.05) is 6.07 Å². The number of hydrogen-bond acceptors (Lipinski definition) is 3. The highest BCUT2D eigenvalue weighted by Crippen LogP contribution is 2.20. The Morgan fingerprint density at radius 2 is 2.41 bits per heavy atom. The van der Waals surface area contributed by atoms with Gasteiger partial charge in [0.1, 0.15) is 17.4 Å². The summed E-state index contributed by atoms with van der Waals surface area (Å²) in [4.78, 5) is 0. The number of halogens is 1. The molecule has 17 heavy (non-hydrogen) atoms. The van der Waals surface area contributed by atoms with E-state index in [2.05, 4.69) is 5.32 Å². The summed E-state index contributed by atoms with van der Waals surface area (Å²) in [5.74, 6) is -0.0315. The molecule has 0 amide bonds. The monoisotopic (exact) mass is 234 g/mol. The van der Waals surface area contributed by atoms with Crippen LogP contribution >= 0.6 is 0 Å². The van der Waals surface area contributed by atoms with Crippen molar-refractivity contribution in [2.45, 2.75) is 12.8 Å². The summed E-state index contributed by atoms with van der Waals surface area (Å²) in [6, 6.07) is 6.52. The number of hydrogen-bond donors (Lipinski definition) is 1. The maximum Gasteiger partial charge on any atom is 0.143 e. The molecule has 2 rings (SSSR count). The van der Waals surface area contributed by atoms with Crippen LogP contribution in [0, 0.1) is 23.1 Å². The van der Waals surface area contributed by atoms with Gasteiger partial charge in [-0.3, -0.25) is 0 Å². The number of benzene rings is 1. The summed E-state index contributed by atoms with van der Waals surface area (Å²) < 4.78 is 18.7. The highest BCUT2D eigenvalue weighted by atomic mass is 19.1. The van der Waals surface area contributed by atoms with Gasteiger partial charge in [0.05, 0.1) is 12.3 Å². The first kappa shape index (κ1) is 11.9. The van der Waals surface area contributed by atoms with Crippen LogP contribution < -0.4 is 5.32 Å². The summed E-state index contributed by atoms with van der Waals surface area (Å²) in [7, 11) is 0. The first-order valence-corrected chi connectivity index (χ1v) is 5.81. The molecule has 1 atom stereocenters. The second kappa shape index (κ2) is 5.65. The van der Waals surface area contributed by atoms with Crippen molar-refractivity contribution in [3.05, 3.63) is 29.6 Å². The molecule has 0 spiro atoms. The molecule has 1 heterocycles. The molecule has 90 valence electrons. The fourth-order valence-electron chi connectivity index (χ4n) is 2.01. The van der Waals surface area contributed by atoms with E-state index in [4.69, 9.17) is 10.00 Å². The number of ether oxygens (including phenoxy) is 1. The van der Waals surface area contributed by atoms with Crippen LogP contribution in [0.25, 0.3) is 0 Å². The van der Waals surface area contributed by atoms with Crippen LogP contribution in [0.15, 0.2) is 18.2 Å². The zero-order valence-electron chi connectivity index (χ0n) is 9.58. The van der Waals surface area contributed by atoms with Crippen LogP contribution in [-0.2, 0) is 4.74 Å². The molecule has 4 heteroatoms. The molecule has 1 aromatic carbocycles. The minimum atomic E-state index is -0.475. The fraction of sp³-hybridized carbons (Fsp3) is 0.462.